The molecule has 1 unspecified atom stereocenters. The van der Waals surface area contributed by atoms with Crippen molar-refractivity contribution < 1.29 is 9.90 Å². The number of aliphatic carboxylic acids is 1. The largest absolute Gasteiger partial charge is 0.480 e. The summed E-state index contributed by atoms with van der Waals surface area (Å²) in [4.78, 5) is 10.8. The van der Waals surface area contributed by atoms with E-state index in [-0.39, 0.29) is 0 Å². The van der Waals surface area contributed by atoms with Gasteiger partial charge in [0.1, 0.15) is 6.04 Å². The van der Waals surface area contributed by atoms with Gasteiger partial charge in [0.25, 0.3) is 0 Å². The molecule has 2 N–H and O–H groups in total. The molecule has 0 aliphatic rings. The van der Waals surface area contributed by atoms with Crippen molar-refractivity contribution in [3.05, 3.63) is 29.8 Å². The Hall–Kier alpha value is -2.02. The quantitative estimate of drug-likeness (QED) is 0.793. The van der Waals surface area contributed by atoms with Gasteiger partial charge in [0, 0.05) is 5.69 Å². The Morgan fingerprint density at radius 2 is 2.12 bits per heavy atom. The van der Waals surface area contributed by atoms with E-state index in [1.54, 1.807) is 12.1 Å². The summed E-state index contributed by atoms with van der Waals surface area (Å²) in [5.41, 5.74) is 1.69. The van der Waals surface area contributed by atoms with Gasteiger partial charge in [-0.15, -0.1) is 0 Å². The van der Waals surface area contributed by atoms with Crippen LogP contribution < -0.4 is 5.32 Å². The van der Waals surface area contributed by atoms with Crippen LogP contribution in [0.5, 0.6) is 0 Å². The molecule has 0 bridgehead atoms. The molecule has 16 heavy (non-hydrogen) atoms. The van der Waals surface area contributed by atoms with E-state index < -0.39 is 12.0 Å². The third kappa shape index (κ3) is 3.28. The second-order valence-corrected chi connectivity index (χ2v) is 3.48. The summed E-state index contributed by atoms with van der Waals surface area (Å²) < 4.78 is 0. The first-order valence-electron chi connectivity index (χ1n) is 5.12. The average molecular weight is 218 g/mol. The third-order valence-corrected chi connectivity index (χ3v) is 2.28. The summed E-state index contributed by atoms with van der Waals surface area (Å²) in [7, 11) is 0. The fraction of sp³-hybridized carbons (Fsp3) is 0.333. The van der Waals surface area contributed by atoms with E-state index in [2.05, 4.69) is 11.4 Å². The lowest BCUT2D eigenvalue weighted by Gasteiger charge is -2.13. The Bertz CT molecular complexity index is 392. The molecule has 1 aromatic rings. The van der Waals surface area contributed by atoms with E-state index >= 15 is 0 Å². The van der Waals surface area contributed by atoms with Gasteiger partial charge in [0.2, 0.25) is 0 Å². The smallest absolute Gasteiger partial charge is 0.326 e. The highest BCUT2D eigenvalue weighted by molar-refractivity contribution is 5.77. The number of nitrogens with zero attached hydrogens (tertiary/aromatic N) is 1. The number of anilines is 1. The predicted molar refractivity (Wildman–Crippen MR) is 61.1 cm³/mol. The molecule has 0 spiro atoms. The van der Waals surface area contributed by atoms with Crippen LogP contribution in [0, 0.1) is 11.3 Å². The summed E-state index contributed by atoms with van der Waals surface area (Å²) >= 11 is 0. The first-order valence-corrected chi connectivity index (χ1v) is 5.12. The molecule has 0 radical (unpaired) electrons. The van der Waals surface area contributed by atoms with Crippen LogP contribution in [0.3, 0.4) is 0 Å². The lowest BCUT2D eigenvalue weighted by molar-refractivity contribution is -0.137. The number of carboxylic acids is 1. The van der Waals surface area contributed by atoms with Crippen LogP contribution in [0.1, 0.15) is 18.9 Å². The topological polar surface area (TPSA) is 73.1 Å². The summed E-state index contributed by atoms with van der Waals surface area (Å²) in [5.74, 6) is -0.858. The fourth-order valence-corrected chi connectivity index (χ4v) is 1.35. The van der Waals surface area contributed by atoms with Gasteiger partial charge < -0.3 is 10.4 Å². The van der Waals surface area contributed by atoms with E-state index in [0.29, 0.717) is 12.8 Å². The van der Waals surface area contributed by atoms with Crippen molar-refractivity contribution in [2.75, 3.05) is 5.32 Å². The van der Waals surface area contributed by atoms with Crippen LogP contribution in [0.4, 0.5) is 5.69 Å². The van der Waals surface area contributed by atoms with Crippen molar-refractivity contribution in [3.63, 3.8) is 0 Å². The highest BCUT2D eigenvalue weighted by Gasteiger charge is 2.13. The number of carbonyl (C=O) groups is 1. The first-order chi connectivity index (χ1) is 7.67. The molecule has 0 heterocycles. The van der Waals surface area contributed by atoms with Crippen molar-refractivity contribution >= 4 is 11.7 Å². The molecular formula is C12H14N2O2. The van der Waals surface area contributed by atoms with Crippen molar-refractivity contribution in [3.8, 4) is 6.07 Å². The number of benzene rings is 1. The number of nitrogens with one attached hydrogen (secondary N) is 1. The molecular weight excluding hydrogens is 204 g/mol. The number of hydrogen-bond donors (Lipinski definition) is 2. The van der Waals surface area contributed by atoms with Gasteiger partial charge in [0.05, 0.1) is 12.5 Å². The SMILES string of the molecule is CCC(Nc1ccc(CC#N)cc1)C(=O)O. The van der Waals surface area contributed by atoms with Gasteiger partial charge >= 0.3 is 5.97 Å². The van der Waals surface area contributed by atoms with Crippen LogP contribution in [-0.2, 0) is 11.2 Å². The van der Waals surface area contributed by atoms with Gasteiger partial charge in [0.15, 0.2) is 0 Å². The van der Waals surface area contributed by atoms with Gasteiger partial charge in [-0.25, -0.2) is 4.79 Å². The minimum absolute atomic E-state index is 0.371. The Kier molecular flexibility index (Phi) is 4.34. The number of hydrogen-bond acceptors (Lipinski definition) is 3. The van der Waals surface area contributed by atoms with Crippen LogP contribution in [0.25, 0.3) is 0 Å². The molecule has 1 rings (SSSR count). The maximum Gasteiger partial charge on any atom is 0.326 e. The minimum Gasteiger partial charge on any atom is -0.480 e. The van der Waals surface area contributed by atoms with E-state index in [9.17, 15) is 4.79 Å². The summed E-state index contributed by atoms with van der Waals surface area (Å²) in [6, 6.07) is 8.71. The molecule has 0 aliphatic heterocycles. The molecule has 1 atom stereocenters. The minimum atomic E-state index is -0.858. The number of rotatable bonds is 5. The van der Waals surface area contributed by atoms with Crippen molar-refractivity contribution in [1.82, 2.24) is 0 Å². The number of carboxylic acid groups (broad SMARTS) is 1. The molecule has 0 aromatic heterocycles. The second-order valence-electron chi connectivity index (χ2n) is 3.48. The van der Waals surface area contributed by atoms with Crippen LogP contribution in [0.15, 0.2) is 24.3 Å². The molecule has 84 valence electrons. The highest BCUT2D eigenvalue weighted by Crippen LogP contribution is 2.12. The highest BCUT2D eigenvalue weighted by atomic mass is 16.4. The van der Waals surface area contributed by atoms with Crippen LogP contribution >= 0.6 is 0 Å². The van der Waals surface area contributed by atoms with Crippen LogP contribution in [-0.4, -0.2) is 17.1 Å². The second kappa shape index (κ2) is 5.76. The monoisotopic (exact) mass is 218 g/mol. The van der Waals surface area contributed by atoms with E-state index in [1.165, 1.54) is 0 Å². The first kappa shape index (κ1) is 12.1. The normalized spacial score (nSPS) is 11.5. The van der Waals surface area contributed by atoms with Crippen LogP contribution in [0.2, 0.25) is 0 Å². The van der Waals surface area contributed by atoms with E-state index in [1.807, 2.05) is 19.1 Å². The predicted octanol–water partition coefficient (Wildman–Crippen LogP) is 2.03. The maximum absolute atomic E-state index is 10.8. The fourth-order valence-electron chi connectivity index (χ4n) is 1.35. The Labute approximate surface area is 94.5 Å². The average Bonchev–Trinajstić information content (AvgIpc) is 2.28. The van der Waals surface area contributed by atoms with Crippen molar-refractivity contribution in [2.24, 2.45) is 0 Å². The zero-order chi connectivity index (χ0) is 12.0. The summed E-state index contributed by atoms with van der Waals surface area (Å²) in [5, 5.41) is 20.3. The van der Waals surface area contributed by atoms with Gasteiger partial charge in [-0.05, 0) is 24.1 Å². The van der Waals surface area contributed by atoms with Crippen molar-refractivity contribution in [1.29, 1.82) is 5.26 Å². The van der Waals surface area contributed by atoms with E-state index in [4.69, 9.17) is 10.4 Å². The molecule has 4 nitrogen and oxygen atoms in total. The lowest BCUT2D eigenvalue weighted by Crippen LogP contribution is -2.28. The standard InChI is InChI=1S/C12H14N2O2/c1-2-11(12(15)16)14-10-5-3-9(4-6-10)7-8-13/h3-6,11,14H,2,7H2,1H3,(H,15,16). The summed E-state index contributed by atoms with van der Waals surface area (Å²) in [6.07, 6.45) is 0.895. The third-order valence-electron chi connectivity index (χ3n) is 2.28. The van der Waals surface area contributed by atoms with E-state index in [0.717, 1.165) is 11.3 Å². The Morgan fingerprint density at radius 1 is 1.50 bits per heavy atom. The lowest BCUT2D eigenvalue weighted by atomic mass is 10.1. The maximum atomic E-state index is 10.8. The summed E-state index contributed by atoms with van der Waals surface area (Å²) in [6.45, 7) is 1.82. The zero-order valence-electron chi connectivity index (χ0n) is 9.10. The Balaban J connectivity index is 2.68. The molecule has 4 heteroatoms. The van der Waals surface area contributed by atoms with Gasteiger partial charge in [-0.1, -0.05) is 19.1 Å². The molecule has 0 fully saturated rings. The molecule has 0 aliphatic carbocycles. The molecule has 0 saturated carbocycles. The van der Waals surface area contributed by atoms with Gasteiger partial charge in [-0.3, -0.25) is 0 Å². The number of nitriles is 1. The molecule has 1 aromatic carbocycles. The van der Waals surface area contributed by atoms with Crippen molar-refractivity contribution in [2.45, 2.75) is 25.8 Å². The van der Waals surface area contributed by atoms with Gasteiger partial charge in [-0.2, -0.15) is 5.26 Å². The zero-order valence-corrected chi connectivity index (χ0v) is 9.10. The molecule has 0 saturated heterocycles. The Morgan fingerprint density at radius 3 is 2.56 bits per heavy atom. The molecule has 0 amide bonds.